The molecule has 0 bridgehead atoms. The highest BCUT2D eigenvalue weighted by Crippen LogP contribution is 2.34. The quantitative estimate of drug-likeness (QED) is 0.526. The van der Waals surface area contributed by atoms with Gasteiger partial charge in [-0.2, -0.15) is 0 Å². The van der Waals surface area contributed by atoms with Crippen molar-refractivity contribution in [1.82, 2.24) is 4.98 Å². The van der Waals surface area contributed by atoms with Crippen molar-refractivity contribution in [1.29, 1.82) is 0 Å². The maximum absolute atomic E-state index is 13.6. The smallest absolute Gasteiger partial charge is 0.335 e. The molecule has 4 rings (SSSR count). The molecule has 1 aromatic heterocycles. The molecule has 0 atom stereocenters. The minimum Gasteiger partial charge on any atom is -0.478 e. The van der Waals surface area contributed by atoms with Crippen LogP contribution in [0.5, 0.6) is 0 Å². The number of rotatable bonds is 5. The van der Waals surface area contributed by atoms with Crippen LogP contribution in [0.3, 0.4) is 0 Å². The van der Waals surface area contributed by atoms with Crippen LogP contribution in [0.4, 0.5) is 11.4 Å². The fraction of sp³-hybridized carbons (Fsp3) is 0.0476. The summed E-state index contributed by atoms with van der Waals surface area (Å²) in [6, 6.07) is 17.5. The van der Waals surface area contributed by atoms with Gasteiger partial charge in [0.15, 0.2) is 12.0 Å². The summed E-state index contributed by atoms with van der Waals surface area (Å²) in [5.41, 5.74) is 2.20. The lowest BCUT2D eigenvalue weighted by Crippen LogP contribution is -2.26. The van der Waals surface area contributed by atoms with Gasteiger partial charge in [-0.3, -0.25) is 0 Å². The summed E-state index contributed by atoms with van der Waals surface area (Å²) in [6.45, 7) is 1.62. The number of carboxylic acid groups (broad SMARTS) is 1. The van der Waals surface area contributed by atoms with E-state index in [-0.39, 0.29) is 10.5 Å². The molecular weight excluding hydrogens is 392 g/mol. The Morgan fingerprint density at radius 3 is 2.48 bits per heavy atom. The molecule has 0 spiro atoms. The SMILES string of the molecule is Cc1ccc(S(=O)(=O)N(c2ccccc2)c2ccc3ncoc3c2)cc1C(=O)O. The monoisotopic (exact) mass is 408 g/mol. The van der Waals surface area contributed by atoms with Gasteiger partial charge in [-0.1, -0.05) is 24.3 Å². The van der Waals surface area contributed by atoms with E-state index in [1.165, 1.54) is 24.6 Å². The highest BCUT2D eigenvalue weighted by Gasteiger charge is 2.28. The van der Waals surface area contributed by atoms with Crippen LogP contribution >= 0.6 is 0 Å². The minimum absolute atomic E-state index is 0.0650. The number of aryl methyl sites for hydroxylation is 1. The van der Waals surface area contributed by atoms with Gasteiger partial charge in [-0.05, 0) is 48.9 Å². The Balaban J connectivity index is 1.93. The van der Waals surface area contributed by atoms with Crippen LogP contribution in [-0.4, -0.2) is 24.5 Å². The maximum atomic E-state index is 13.6. The Bertz CT molecular complexity index is 1310. The number of para-hydroxylation sites is 1. The first-order valence-corrected chi connectivity index (χ1v) is 10.1. The molecule has 1 heterocycles. The van der Waals surface area contributed by atoms with Crippen molar-refractivity contribution >= 4 is 38.5 Å². The van der Waals surface area contributed by atoms with E-state index < -0.39 is 16.0 Å². The zero-order valence-electron chi connectivity index (χ0n) is 15.3. The molecule has 29 heavy (non-hydrogen) atoms. The summed E-state index contributed by atoms with van der Waals surface area (Å²) in [7, 11) is -4.12. The van der Waals surface area contributed by atoms with E-state index in [1.54, 1.807) is 55.5 Å². The molecule has 0 unspecified atom stereocenters. The zero-order chi connectivity index (χ0) is 20.6. The van der Waals surface area contributed by atoms with Gasteiger partial charge in [-0.15, -0.1) is 0 Å². The number of carbonyl (C=O) groups is 1. The number of carboxylic acids is 1. The van der Waals surface area contributed by atoms with E-state index in [9.17, 15) is 18.3 Å². The van der Waals surface area contributed by atoms with Crippen LogP contribution in [0, 0.1) is 6.92 Å². The number of aromatic carboxylic acids is 1. The van der Waals surface area contributed by atoms with Crippen molar-refractivity contribution in [2.75, 3.05) is 4.31 Å². The molecule has 146 valence electrons. The van der Waals surface area contributed by atoms with E-state index in [0.29, 0.717) is 28.0 Å². The van der Waals surface area contributed by atoms with Gasteiger partial charge in [-0.25, -0.2) is 22.5 Å². The first-order chi connectivity index (χ1) is 13.9. The van der Waals surface area contributed by atoms with E-state index in [1.807, 2.05) is 0 Å². The van der Waals surface area contributed by atoms with Crippen LogP contribution in [0.15, 0.2) is 82.4 Å². The second-order valence-electron chi connectivity index (χ2n) is 6.39. The summed E-state index contributed by atoms with van der Waals surface area (Å²) in [4.78, 5) is 15.4. The lowest BCUT2D eigenvalue weighted by Gasteiger charge is -2.25. The molecule has 0 aliphatic rings. The molecule has 3 aromatic carbocycles. The molecule has 0 fully saturated rings. The fourth-order valence-corrected chi connectivity index (χ4v) is 4.57. The van der Waals surface area contributed by atoms with Crippen molar-refractivity contribution in [2.45, 2.75) is 11.8 Å². The lowest BCUT2D eigenvalue weighted by atomic mass is 10.1. The third-order valence-electron chi connectivity index (χ3n) is 4.52. The number of nitrogens with zero attached hydrogens (tertiary/aromatic N) is 2. The van der Waals surface area contributed by atoms with Gasteiger partial charge >= 0.3 is 5.97 Å². The van der Waals surface area contributed by atoms with Gasteiger partial charge in [0.1, 0.15) is 5.52 Å². The van der Waals surface area contributed by atoms with Crippen molar-refractivity contribution in [3.05, 3.63) is 84.3 Å². The third kappa shape index (κ3) is 3.34. The van der Waals surface area contributed by atoms with Crippen molar-refractivity contribution < 1.29 is 22.7 Å². The van der Waals surface area contributed by atoms with E-state index in [0.717, 1.165) is 4.31 Å². The highest BCUT2D eigenvalue weighted by molar-refractivity contribution is 7.93. The molecule has 1 N–H and O–H groups in total. The molecule has 0 aliphatic carbocycles. The number of sulfonamides is 1. The van der Waals surface area contributed by atoms with Crippen molar-refractivity contribution in [3.8, 4) is 0 Å². The third-order valence-corrected chi connectivity index (χ3v) is 6.27. The predicted molar refractivity (Wildman–Crippen MR) is 108 cm³/mol. The topological polar surface area (TPSA) is 101 Å². The molecule has 0 saturated heterocycles. The minimum atomic E-state index is -4.12. The number of benzene rings is 3. The Labute approximate surface area is 166 Å². The van der Waals surface area contributed by atoms with Gasteiger partial charge in [0.2, 0.25) is 0 Å². The number of fused-ring (bicyclic) bond motifs is 1. The van der Waals surface area contributed by atoms with Crippen LogP contribution in [0.25, 0.3) is 11.1 Å². The number of hydrogen-bond acceptors (Lipinski definition) is 5. The van der Waals surface area contributed by atoms with Gasteiger partial charge in [0, 0.05) is 6.07 Å². The number of anilines is 2. The Kier molecular flexibility index (Phi) is 4.56. The average Bonchev–Trinajstić information content (AvgIpc) is 3.16. The molecule has 0 amide bonds. The van der Waals surface area contributed by atoms with Crippen LogP contribution < -0.4 is 4.31 Å². The fourth-order valence-electron chi connectivity index (χ4n) is 3.06. The average molecular weight is 408 g/mol. The van der Waals surface area contributed by atoms with Crippen LogP contribution in [0.1, 0.15) is 15.9 Å². The van der Waals surface area contributed by atoms with E-state index in [4.69, 9.17) is 4.42 Å². The standard InChI is InChI=1S/C21H16N2O5S/c1-14-7-9-17(12-18(14)21(24)25)29(26,27)23(15-5-3-2-4-6-15)16-8-10-19-20(11-16)28-13-22-19/h2-13H,1H3,(H,24,25). The summed E-state index contributed by atoms with van der Waals surface area (Å²) in [5, 5.41) is 9.40. The van der Waals surface area contributed by atoms with Gasteiger partial charge in [0.25, 0.3) is 10.0 Å². The molecule has 0 saturated carbocycles. The van der Waals surface area contributed by atoms with Gasteiger partial charge < -0.3 is 9.52 Å². The first kappa shape index (κ1) is 18.7. The second-order valence-corrected chi connectivity index (χ2v) is 8.18. The highest BCUT2D eigenvalue weighted by atomic mass is 32.2. The Hall–Kier alpha value is -3.65. The normalized spacial score (nSPS) is 11.5. The molecule has 0 radical (unpaired) electrons. The van der Waals surface area contributed by atoms with Gasteiger partial charge in [0.05, 0.1) is 21.8 Å². The summed E-state index contributed by atoms with van der Waals surface area (Å²) in [6.07, 6.45) is 1.29. The van der Waals surface area contributed by atoms with Crippen molar-refractivity contribution in [2.24, 2.45) is 0 Å². The Morgan fingerprint density at radius 1 is 1.00 bits per heavy atom. The summed E-state index contributed by atoms with van der Waals surface area (Å²) >= 11 is 0. The van der Waals surface area contributed by atoms with Crippen LogP contribution in [0.2, 0.25) is 0 Å². The molecular formula is C21H16N2O5S. The summed E-state index contributed by atoms with van der Waals surface area (Å²) in [5.74, 6) is -1.19. The van der Waals surface area contributed by atoms with E-state index >= 15 is 0 Å². The maximum Gasteiger partial charge on any atom is 0.335 e. The molecule has 4 aromatic rings. The number of hydrogen-bond donors (Lipinski definition) is 1. The molecule has 8 heteroatoms. The Morgan fingerprint density at radius 2 is 1.76 bits per heavy atom. The van der Waals surface area contributed by atoms with E-state index in [2.05, 4.69) is 4.98 Å². The first-order valence-electron chi connectivity index (χ1n) is 8.65. The molecule has 0 aliphatic heterocycles. The summed E-state index contributed by atoms with van der Waals surface area (Å²) < 4.78 is 33.6. The number of oxazole rings is 1. The second kappa shape index (κ2) is 7.06. The zero-order valence-corrected chi connectivity index (χ0v) is 16.1. The largest absolute Gasteiger partial charge is 0.478 e. The number of aromatic nitrogens is 1. The lowest BCUT2D eigenvalue weighted by molar-refractivity contribution is 0.0696. The molecule has 7 nitrogen and oxygen atoms in total. The predicted octanol–water partition coefficient (Wildman–Crippen LogP) is 4.36. The van der Waals surface area contributed by atoms with Crippen molar-refractivity contribution in [3.63, 3.8) is 0 Å². The van der Waals surface area contributed by atoms with Crippen LogP contribution in [-0.2, 0) is 10.0 Å².